The molecule has 1 aliphatic heterocycles. The fourth-order valence-corrected chi connectivity index (χ4v) is 4.10. The van der Waals surface area contributed by atoms with E-state index in [9.17, 15) is 18.3 Å². The van der Waals surface area contributed by atoms with E-state index in [4.69, 9.17) is 0 Å². The summed E-state index contributed by atoms with van der Waals surface area (Å²) in [6.07, 6.45) is 0.871. The molecule has 0 saturated carbocycles. The van der Waals surface area contributed by atoms with Crippen molar-refractivity contribution in [1.29, 1.82) is 0 Å². The zero-order chi connectivity index (χ0) is 13.6. The lowest BCUT2D eigenvalue weighted by Gasteiger charge is -2.23. The minimum atomic E-state index is -2.96. The number of aromatic amines is 1. The van der Waals surface area contributed by atoms with Crippen molar-refractivity contribution < 1.29 is 13.5 Å². The van der Waals surface area contributed by atoms with Crippen molar-refractivity contribution in [3.8, 4) is 5.75 Å². The number of sulfone groups is 1. The number of imidazole rings is 1. The van der Waals surface area contributed by atoms with Crippen LogP contribution in [0.3, 0.4) is 0 Å². The fourth-order valence-electron chi connectivity index (χ4n) is 2.63. The Morgan fingerprint density at radius 3 is 2.63 bits per heavy atom. The van der Waals surface area contributed by atoms with E-state index in [1.807, 2.05) is 0 Å². The van der Waals surface area contributed by atoms with E-state index in [1.54, 1.807) is 16.7 Å². The summed E-state index contributed by atoms with van der Waals surface area (Å²) in [6.45, 7) is 0. The molecule has 0 unspecified atom stereocenters. The zero-order valence-electron chi connectivity index (χ0n) is 10.2. The molecule has 1 aliphatic rings. The topological polar surface area (TPSA) is 92.2 Å². The van der Waals surface area contributed by atoms with Gasteiger partial charge in [0.15, 0.2) is 0 Å². The lowest BCUT2D eigenvalue weighted by Crippen LogP contribution is -2.30. The van der Waals surface area contributed by atoms with Gasteiger partial charge in [0.1, 0.15) is 21.1 Å². The van der Waals surface area contributed by atoms with Gasteiger partial charge in [0, 0.05) is 6.04 Å². The minimum absolute atomic E-state index is 0.0248. The number of aromatic hydroxyl groups is 1. The normalized spacial score (nSPS) is 19.8. The first-order valence-electron chi connectivity index (χ1n) is 6.10. The molecule has 0 bridgehead atoms. The molecular formula is C12H14N2O4S. The van der Waals surface area contributed by atoms with Crippen LogP contribution in [0.2, 0.25) is 0 Å². The van der Waals surface area contributed by atoms with Gasteiger partial charge in [-0.1, -0.05) is 6.07 Å². The Hall–Kier alpha value is -1.76. The van der Waals surface area contributed by atoms with Gasteiger partial charge in [0.05, 0.1) is 17.0 Å². The second-order valence-corrected chi connectivity index (χ2v) is 7.16. The van der Waals surface area contributed by atoms with E-state index in [2.05, 4.69) is 4.98 Å². The smallest absolute Gasteiger partial charge is 0.326 e. The lowest BCUT2D eigenvalue weighted by molar-refractivity contribution is 0.449. The third-order valence-corrected chi connectivity index (χ3v) is 5.34. The first kappa shape index (κ1) is 12.3. The molecule has 1 aromatic heterocycles. The largest absolute Gasteiger partial charge is 0.506 e. The Bertz CT molecular complexity index is 774. The maximum atomic E-state index is 12.0. The minimum Gasteiger partial charge on any atom is -0.506 e. The molecule has 1 fully saturated rings. The molecule has 19 heavy (non-hydrogen) atoms. The molecule has 2 aromatic rings. The molecule has 1 aromatic carbocycles. The van der Waals surface area contributed by atoms with E-state index < -0.39 is 9.84 Å². The number of nitrogens with zero attached hydrogens (tertiary/aromatic N) is 1. The van der Waals surface area contributed by atoms with E-state index in [0.717, 1.165) is 0 Å². The van der Waals surface area contributed by atoms with Gasteiger partial charge in [-0.2, -0.15) is 0 Å². The standard InChI is InChI=1S/C12H14N2O4S/c15-10-3-1-2-9-11(10)13-12(16)14(9)8-4-6-19(17,18)7-5-8/h1-3,8,15H,4-7H2,(H,13,16). The highest BCUT2D eigenvalue weighted by molar-refractivity contribution is 7.91. The highest BCUT2D eigenvalue weighted by atomic mass is 32.2. The number of benzene rings is 1. The summed E-state index contributed by atoms with van der Waals surface area (Å²) in [6, 6.07) is 4.79. The molecule has 7 heteroatoms. The number of H-pyrrole nitrogens is 1. The van der Waals surface area contributed by atoms with Crippen molar-refractivity contribution in [3.63, 3.8) is 0 Å². The van der Waals surface area contributed by atoms with E-state index >= 15 is 0 Å². The Morgan fingerprint density at radius 2 is 1.95 bits per heavy atom. The van der Waals surface area contributed by atoms with Crippen LogP contribution in [0, 0.1) is 0 Å². The Labute approximate surface area is 109 Å². The second-order valence-electron chi connectivity index (χ2n) is 4.85. The summed E-state index contributed by atoms with van der Waals surface area (Å²) in [7, 11) is -2.96. The molecule has 0 atom stereocenters. The summed E-state index contributed by atoms with van der Waals surface area (Å²) in [5, 5.41) is 9.71. The number of fused-ring (bicyclic) bond motifs is 1. The Kier molecular flexibility index (Phi) is 2.67. The summed E-state index contributed by atoms with van der Waals surface area (Å²) in [5.41, 5.74) is 0.719. The zero-order valence-corrected chi connectivity index (χ0v) is 11.0. The first-order chi connectivity index (χ1) is 8.98. The molecule has 6 nitrogen and oxygen atoms in total. The van der Waals surface area contributed by atoms with Gasteiger partial charge in [-0.05, 0) is 25.0 Å². The summed E-state index contributed by atoms with van der Waals surface area (Å²) in [5.74, 6) is 0.238. The number of hydrogen-bond acceptors (Lipinski definition) is 4. The molecule has 0 spiro atoms. The van der Waals surface area contributed by atoms with Crippen molar-refractivity contribution in [2.75, 3.05) is 11.5 Å². The molecule has 3 rings (SSSR count). The van der Waals surface area contributed by atoms with E-state index in [1.165, 1.54) is 6.07 Å². The van der Waals surface area contributed by atoms with Gasteiger partial charge >= 0.3 is 5.69 Å². The molecule has 0 amide bonds. The van der Waals surface area contributed by atoms with Crippen LogP contribution in [0.15, 0.2) is 23.0 Å². The number of phenols is 1. The lowest BCUT2D eigenvalue weighted by atomic mass is 10.1. The van der Waals surface area contributed by atoms with E-state index in [0.29, 0.717) is 23.9 Å². The summed E-state index contributed by atoms with van der Waals surface area (Å²) < 4.78 is 24.4. The van der Waals surface area contributed by atoms with Crippen molar-refractivity contribution >= 4 is 20.9 Å². The van der Waals surface area contributed by atoms with Crippen LogP contribution in [0.25, 0.3) is 11.0 Å². The summed E-state index contributed by atoms with van der Waals surface area (Å²) in [4.78, 5) is 14.6. The molecule has 2 heterocycles. The molecule has 2 N–H and O–H groups in total. The van der Waals surface area contributed by atoms with Crippen LogP contribution in [-0.2, 0) is 9.84 Å². The highest BCUT2D eigenvalue weighted by Crippen LogP contribution is 2.28. The maximum absolute atomic E-state index is 12.0. The van der Waals surface area contributed by atoms with Crippen LogP contribution >= 0.6 is 0 Å². The Morgan fingerprint density at radius 1 is 1.26 bits per heavy atom. The van der Waals surface area contributed by atoms with Gasteiger partial charge in [-0.3, -0.25) is 4.57 Å². The van der Waals surface area contributed by atoms with Crippen LogP contribution in [0.4, 0.5) is 0 Å². The number of rotatable bonds is 1. The number of aromatic nitrogens is 2. The molecule has 1 saturated heterocycles. The third kappa shape index (κ3) is 2.03. The Balaban J connectivity index is 2.09. The molecule has 0 aliphatic carbocycles. The van der Waals surface area contributed by atoms with E-state index in [-0.39, 0.29) is 29.0 Å². The van der Waals surface area contributed by atoms with Crippen LogP contribution < -0.4 is 5.69 Å². The third-order valence-electron chi connectivity index (χ3n) is 3.62. The monoisotopic (exact) mass is 282 g/mol. The highest BCUT2D eigenvalue weighted by Gasteiger charge is 2.27. The summed E-state index contributed by atoms with van der Waals surface area (Å²) >= 11 is 0. The first-order valence-corrected chi connectivity index (χ1v) is 7.93. The SMILES string of the molecule is O=c1[nH]c2c(O)cccc2n1C1CCS(=O)(=O)CC1. The quantitative estimate of drug-likeness (QED) is 0.808. The number of nitrogens with one attached hydrogen (secondary N) is 1. The van der Waals surface area contributed by atoms with Crippen LogP contribution in [0.5, 0.6) is 5.75 Å². The van der Waals surface area contributed by atoms with Crippen molar-refractivity contribution in [3.05, 3.63) is 28.7 Å². The van der Waals surface area contributed by atoms with Crippen molar-refractivity contribution in [2.45, 2.75) is 18.9 Å². The maximum Gasteiger partial charge on any atom is 0.326 e. The average molecular weight is 282 g/mol. The number of para-hydroxylation sites is 1. The number of hydrogen-bond donors (Lipinski definition) is 2. The average Bonchev–Trinajstić information content (AvgIpc) is 2.68. The van der Waals surface area contributed by atoms with Crippen LogP contribution in [-0.4, -0.2) is 34.6 Å². The van der Waals surface area contributed by atoms with Gasteiger partial charge in [0.25, 0.3) is 0 Å². The predicted molar refractivity (Wildman–Crippen MR) is 71.1 cm³/mol. The molecule has 0 radical (unpaired) electrons. The van der Waals surface area contributed by atoms with Crippen LogP contribution in [0.1, 0.15) is 18.9 Å². The predicted octanol–water partition coefficient (Wildman–Crippen LogP) is 0.785. The van der Waals surface area contributed by atoms with Gasteiger partial charge in [-0.25, -0.2) is 13.2 Å². The van der Waals surface area contributed by atoms with Crippen molar-refractivity contribution in [2.24, 2.45) is 0 Å². The second kappa shape index (κ2) is 4.12. The van der Waals surface area contributed by atoms with Gasteiger partial charge in [-0.15, -0.1) is 0 Å². The molecular weight excluding hydrogens is 268 g/mol. The van der Waals surface area contributed by atoms with Crippen molar-refractivity contribution in [1.82, 2.24) is 9.55 Å². The fraction of sp³-hybridized carbons (Fsp3) is 0.417. The molecule has 102 valence electrons. The van der Waals surface area contributed by atoms with Gasteiger partial charge < -0.3 is 10.1 Å². The number of phenolic OH excluding ortho intramolecular Hbond substituents is 1. The van der Waals surface area contributed by atoms with Gasteiger partial charge in [0.2, 0.25) is 0 Å².